The minimum absolute atomic E-state index is 0. The fourth-order valence-electron chi connectivity index (χ4n) is 3.46. The average molecular weight is 466 g/mol. The van der Waals surface area contributed by atoms with Crippen LogP contribution >= 0.6 is 24.0 Å². The third-order valence-electron chi connectivity index (χ3n) is 4.85. The minimum atomic E-state index is -0.0859. The predicted octanol–water partition coefficient (Wildman–Crippen LogP) is 2.57. The lowest BCUT2D eigenvalue weighted by Gasteiger charge is -2.36. The van der Waals surface area contributed by atoms with E-state index in [-0.39, 0.29) is 41.5 Å². The molecule has 0 aromatic heterocycles. The Hall–Kier alpha value is -0.570. The number of aliphatic imine (C=N–C) groups is 1. The van der Waals surface area contributed by atoms with Gasteiger partial charge in [-0.05, 0) is 32.6 Å². The van der Waals surface area contributed by atoms with E-state index in [4.69, 9.17) is 9.73 Å². The molecule has 1 amide bonds. The monoisotopic (exact) mass is 466 g/mol. The molecule has 0 aromatic rings. The van der Waals surface area contributed by atoms with Crippen LogP contribution in [0.5, 0.6) is 0 Å². The van der Waals surface area contributed by atoms with Gasteiger partial charge in [-0.3, -0.25) is 9.79 Å². The number of carbonyl (C=O) groups excluding carboxylic acids is 1. The molecule has 2 aliphatic rings. The highest BCUT2D eigenvalue weighted by Gasteiger charge is 2.33. The quantitative estimate of drug-likeness (QED) is 0.306. The van der Waals surface area contributed by atoms with Gasteiger partial charge in [-0.1, -0.05) is 26.2 Å². The Bertz CT molecular complexity index is 415. The standard InChI is InChI=1S/C18H34N4O2.HI/c1-3-12-24-18(10-6-5-7-11-18)14-21-17(19-4-2)22-15-8-9-16(23)20-13-15;/h15H,3-14H2,1-2H3,(H,20,23)(H2,19,21,22);1H. The van der Waals surface area contributed by atoms with Crippen LogP contribution in [0.15, 0.2) is 4.99 Å². The smallest absolute Gasteiger partial charge is 0.220 e. The molecule has 1 atom stereocenters. The summed E-state index contributed by atoms with van der Waals surface area (Å²) >= 11 is 0. The number of ether oxygens (including phenoxy) is 1. The molecular formula is C18H35IN4O2. The molecule has 1 aliphatic heterocycles. The number of hydrogen-bond acceptors (Lipinski definition) is 3. The topological polar surface area (TPSA) is 74.8 Å². The second kappa shape index (κ2) is 11.9. The van der Waals surface area contributed by atoms with E-state index < -0.39 is 0 Å². The molecule has 1 saturated heterocycles. The maximum atomic E-state index is 11.3. The molecule has 0 radical (unpaired) electrons. The molecule has 2 rings (SSSR count). The fraction of sp³-hybridized carbons (Fsp3) is 0.889. The molecule has 146 valence electrons. The predicted molar refractivity (Wildman–Crippen MR) is 113 cm³/mol. The molecule has 1 aliphatic carbocycles. The third kappa shape index (κ3) is 7.68. The second-order valence-corrected chi connectivity index (χ2v) is 6.97. The van der Waals surface area contributed by atoms with Crippen molar-refractivity contribution in [2.24, 2.45) is 4.99 Å². The minimum Gasteiger partial charge on any atom is -0.373 e. The second-order valence-electron chi connectivity index (χ2n) is 6.97. The van der Waals surface area contributed by atoms with Crippen molar-refractivity contribution in [2.75, 3.05) is 26.2 Å². The summed E-state index contributed by atoms with van der Waals surface area (Å²) in [6, 6.07) is 0.249. The Balaban J connectivity index is 0.00000312. The summed E-state index contributed by atoms with van der Waals surface area (Å²) in [5, 5.41) is 9.70. The van der Waals surface area contributed by atoms with Gasteiger partial charge >= 0.3 is 0 Å². The Morgan fingerprint density at radius 1 is 1.32 bits per heavy atom. The Morgan fingerprint density at radius 3 is 2.68 bits per heavy atom. The highest BCUT2D eigenvalue weighted by molar-refractivity contribution is 14.0. The number of guanidine groups is 1. The van der Waals surface area contributed by atoms with Gasteiger partial charge < -0.3 is 20.7 Å². The van der Waals surface area contributed by atoms with Gasteiger partial charge in [-0.25, -0.2) is 0 Å². The van der Waals surface area contributed by atoms with Gasteiger partial charge in [-0.2, -0.15) is 0 Å². The van der Waals surface area contributed by atoms with E-state index >= 15 is 0 Å². The Kier molecular flexibility index (Phi) is 10.7. The number of hydrogen-bond donors (Lipinski definition) is 3. The van der Waals surface area contributed by atoms with Crippen molar-refractivity contribution in [3.05, 3.63) is 0 Å². The molecular weight excluding hydrogens is 431 g/mol. The van der Waals surface area contributed by atoms with E-state index in [2.05, 4.69) is 29.8 Å². The van der Waals surface area contributed by atoms with E-state index in [9.17, 15) is 4.79 Å². The zero-order chi connectivity index (χ0) is 17.3. The van der Waals surface area contributed by atoms with E-state index in [0.717, 1.165) is 44.8 Å². The summed E-state index contributed by atoms with van der Waals surface area (Å²) in [7, 11) is 0. The lowest BCUT2D eigenvalue weighted by atomic mass is 9.84. The van der Waals surface area contributed by atoms with E-state index in [0.29, 0.717) is 19.5 Å². The van der Waals surface area contributed by atoms with Gasteiger partial charge in [0.25, 0.3) is 0 Å². The third-order valence-corrected chi connectivity index (χ3v) is 4.85. The summed E-state index contributed by atoms with van der Waals surface area (Å²) < 4.78 is 6.23. The lowest BCUT2D eigenvalue weighted by molar-refractivity contribution is -0.122. The largest absolute Gasteiger partial charge is 0.373 e. The van der Waals surface area contributed by atoms with E-state index in [1.54, 1.807) is 0 Å². The number of carbonyl (C=O) groups is 1. The number of nitrogens with zero attached hydrogens (tertiary/aromatic N) is 1. The van der Waals surface area contributed by atoms with Crippen LogP contribution < -0.4 is 16.0 Å². The maximum Gasteiger partial charge on any atom is 0.220 e. The molecule has 0 aromatic carbocycles. The Labute approximate surface area is 169 Å². The van der Waals surface area contributed by atoms with Crippen molar-refractivity contribution in [1.82, 2.24) is 16.0 Å². The first-order chi connectivity index (χ1) is 11.7. The van der Waals surface area contributed by atoms with Crippen molar-refractivity contribution < 1.29 is 9.53 Å². The number of nitrogens with one attached hydrogen (secondary N) is 3. The molecule has 1 heterocycles. The van der Waals surface area contributed by atoms with Crippen LogP contribution in [0.2, 0.25) is 0 Å². The first kappa shape index (κ1) is 22.5. The molecule has 3 N–H and O–H groups in total. The number of halogens is 1. The van der Waals surface area contributed by atoms with Crippen LogP contribution in [-0.2, 0) is 9.53 Å². The number of amides is 1. The zero-order valence-corrected chi connectivity index (χ0v) is 18.1. The van der Waals surface area contributed by atoms with E-state index in [1.807, 2.05) is 0 Å². The number of rotatable bonds is 7. The van der Waals surface area contributed by atoms with Crippen LogP contribution in [0.1, 0.15) is 65.2 Å². The lowest BCUT2D eigenvalue weighted by Crippen LogP contribution is -2.51. The summed E-state index contributed by atoms with van der Waals surface area (Å²) in [6.07, 6.45) is 8.47. The van der Waals surface area contributed by atoms with Gasteiger partial charge in [0.15, 0.2) is 5.96 Å². The van der Waals surface area contributed by atoms with E-state index in [1.165, 1.54) is 19.3 Å². The van der Waals surface area contributed by atoms with Gasteiger partial charge in [0.1, 0.15) is 0 Å². The molecule has 1 unspecified atom stereocenters. The van der Waals surface area contributed by atoms with Crippen molar-refractivity contribution in [3.8, 4) is 0 Å². The molecule has 25 heavy (non-hydrogen) atoms. The highest BCUT2D eigenvalue weighted by Crippen LogP contribution is 2.32. The number of piperidine rings is 1. The molecule has 2 fully saturated rings. The van der Waals surface area contributed by atoms with Gasteiger partial charge in [0.05, 0.1) is 12.1 Å². The fourth-order valence-corrected chi connectivity index (χ4v) is 3.46. The van der Waals surface area contributed by atoms with Crippen LogP contribution in [0.3, 0.4) is 0 Å². The molecule has 7 heteroatoms. The van der Waals surface area contributed by atoms with Crippen LogP contribution in [0.25, 0.3) is 0 Å². The zero-order valence-electron chi connectivity index (χ0n) is 15.7. The van der Waals surface area contributed by atoms with Crippen LogP contribution in [0, 0.1) is 0 Å². The van der Waals surface area contributed by atoms with Crippen LogP contribution in [-0.4, -0.2) is 49.8 Å². The summed E-state index contributed by atoms with van der Waals surface area (Å²) in [6.45, 7) is 7.25. The maximum absolute atomic E-state index is 11.3. The molecule has 1 saturated carbocycles. The van der Waals surface area contributed by atoms with Crippen molar-refractivity contribution in [3.63, 3.8) is 0 Å². The first-order valence-corrected chi connectivity index (χ1v) is 9.63. The summed E-state index contributed by atoms with van der Waals surface area (Å²) in [5.41, 5.74) is -0.0859. The van der Waals surface area contributed by atoms with Gasteiger partial charge in [0.2, 0.25) is 5.91 Å². The first-order valence-electron chi connectivity index (χ1n) is 9.63. The molecule has 0 bridgehead atoms. The van der Waals surface area contributed by atoms with Crippen LogP contribution in [0.4, 0.5) is 0 Å². The average Bonchev–Trinajstić information content (AvgIpc) is 2.61. The Morgan fingerprint density at radius 2 is 2.08 bits per heavy atom. The molecule has 6 nitrogen and oxygen atoms in total. The highest BCUT2D eigenvalue weighted by atomic mass is 127. The summed E-state index contributed by atoms with van der Waals surface area (Å²) in [5.74, 6) is 0.979. The van der Waals surface area contributed by atoms with Crippen molar-refractivity contribution in [2.45, 2.75) is 76.9 Å². The summed E-state index contributed by atoms with van der Waals surface area (Å²) in [4.78, 5) is 16.1. The SMILES string of the molecule is CCCOC1(CN=C(NCC)NC2CCC(=O)NC2)CCCCC1.I. The molecule has 0 spiro atoms. The van der Waals surface area contributed by atoms with Gasteiger partial charge in [-0.15, -0.1) is 24.0 Å². The van der Waals surface area contributed by atoms with Gasteiger partial charge in [0, 0.05) is 32.2 Å². The van der Waals surface area contributed by atoms with Crippen molar-refractivity contribution >= 4 is 35.8 Å². The van der Waals surface area contributed by atoms with Crippen molar-refractivity contribution in [1.29, 1.82) is 0 Å². The normalized spacial score (nSPS) is 23.4.